The number of fused-ring (bicyclic) bond motifs is 1. The molecule has 22 heavy (non-hydrogen) atoms. The van der Waals surface area contributed by atoms with Gasteiger partial charge in [-0.1, -0.05) is 18.2 Å². The molecule has 2 aromatic carbocycles. The van der Waals surface area contributed by atoms with Gasteiger partial charge in [-0.05, 0) is 74.9 Å². The predicted molar refractivity (Wildman–Crippen MR) is 88.1 cm³/mol. The maximum absolute atomic E-state index is 13.0. The average molecular weight is 298 g/mol. The van der Waals surface area contributed by atoms with Gasteiger partial charge < -0.3 is 4.74 Å². The van der Waals surface area contributed by atoms with E-state index in [0.29, 0.717) is 0 Å². The van der Waals surface area contributed by atoms with Crippen LogP contribution >= 0.6 is 0 Å². The highest BCUT2D eigenvalue weighted by Gasteiger charge is 2.36. The third-order valence-corrected chi connectivity index (χ3v) is 4.87. The van der Waals surface area contributed by atoms with Gasteiger partial charge in [-0.25, -0.2) is 4.39 Å². The molecular formula is C20H23FO. The molecule has 1 aliphatic heterocycles. The normalized spacial score (nSPS) is 19.9. The van der Waals surface area contributed by atoms with Crippen molar-refractivity contribution in [1.82, 2.24) is 0 Å². The molecule has 0 radical (unpaired) electrons. The maximum atomic E-state index is 13.0. The summed E-state index contributed by atoms with van der Waals surface area (Å²) in [5.74, 6) is 0.903. The number of hydrogen-bond acceptors (Lipinski definition) is 1. The SMILES string of the molecule is Cc1cc(C)c2c(c1C)OC(C)(CCc1ccc(F)cc1)C2. The van der Waals surface area contributed by atoms with Gasteiger partial charge >= 0.3 is 0 Å². The van der Waals surface area contributed by atoms with E-state index in [9.17, 15) is 4.39 Å². The molecule has 0 aromatic heterocycles. The molecule has 0 N–H and O–H groups in total. The van der Waals surface area contributed by atoms with Crippen LogP contribution in [0, 0.1) is 26.6 Å². The summed E-state index contributed by atoms with van der Waals surface area (Å²) in [6, 6.07) is 9.03. The van der Waals surface area contributed by atoms with Gasteiger partial charge in [0.1, 0.15) is 17.2 Å². The Morgan fingerprint density at radius 3 is 2.45 bits per heavy atom. The molecule has 0 saturated carbocycles. The fourth-order valence-electron chi connectivity index (χ4n) is 3.32. The number of halogens is 1. The van der Waals surface area contributed by atoms with E-state index in [-0.39, 0.29) is 11.4 Å². The van der Waals surface area contributed by atoms with Crippen LogP contribution < -0.4 is 4.74 Å². The number of benzene rings is 2. The molecule has 1 unspecified atom stereocenters. The molecule has 3 rings (SSSR count). The Morgan fingerprint density at radius 2 is 1.77 bits per heavy atom. The van der Waals surface area contributed by atoms with Crippen molar-refractivity contribution < 1.29 is 9.13 Å². The molecule has 0 aliphatic carbocycles. The van der Waals surface area contributed by atoms with Crippen molar-refractivity contribution in [3.05, 3.63) is 64.0 Å². The van der Waals surface area contributed by atoms with Crippen LogP contribution in [0.15, 0.2) is 30.3 Å². The van der Waals surface area contributed by atoms with E-state index in [1.807, 2.05) is 12.1 Å². The van der Waals surface area contributed by atoms with Crippen molar-refractivity contribution in [3.63, 3.8) is 0 Å². The quantitative estimate of drug-likeness (QED) is 0.768. The van der Waals surface area contributed by atoms with E-state index in [0.717, 1.165) is 30.6 Å². The van der Waals surface area contributed by atoms with Crippen molar-refractivity contribution in [2.75, 3.05) is 0 Å². The molecule has 1 nitrogen and oxygen atoms in total. The van der Waals surface area contributed by atoms with Crippen LogP contribution in [0.2, 0.25) is 0 Å². The average Bonchev–Trinajstić information content (AvgIpc) is 2.84. The summed E-state index contributed by atoms with van der Waals surface area (Å²) >= 11 is 0. The second-order valence-corrected chi connectivity index (χ2v) is 6.80. The van der Waals surface area contributed by atoms with Gasteiger partial charge in [0.05, 0.1) is 0 Å². The van der Waals surface area contributed by atoms with E-state index in [1.54, 1.807) is 0 Å². The van der Waals surface area contributed by atoms with Gasteiger partial charge in [0.15, 0.2) is 0 Å². The van der Waals surface area contributed by atoms with E-state index in [4.69, 9.17) is 4.74 Å². The Hall–Kier alpha value is -1.83. The first-order valence-corrected chi connectivity index (χ1v) is 7.91. The highest BCUT2D eigenvalue weighted by atomic mass is 19.1. The van der Waals surface area contributed by atoms with E-state index in [1.165, 1.54) is 34.4 Å². The van der Waals surface area contributed by atoms with E-state index < -0.39 is 0 Å². The number of ether oxygens (including phenoxy) is 1. The molecule has 1 heterocycles. The number of hydrogen-bond donors (Lipinski definition) is 0. The van der Waals surface area contributed by atoms with Crippen LogP contribution in [0.25, 0.3) is 0 Å². The minimum Gasteiger partial charge on any atom is -0.487 e. The Balaban J connectivity index is 1.77. The summed E-state index contributed by atoms with van der Waals surface area (Å²) in [7, 11) is 0. The van der Waals surface area contributed by atoms with Crippen molar-refractivity contribution in [3.8, 4) is 5.75 Å². The number of rotatable bonds is 3. The summed E-state index contributed by atoms with van der Waals surface area (Å²) in [4.78, 5) is 0. The topological polar surface area (TPSA) is 9.23 Å². The largest absolute Gasteiger partial charge is 0.487 e. The summed E-state index contributed by atoms with van der Waals surface area (Å²) in [5.41, 5.74) is 6.21. The lowest BCUT2D eigenvalue weighted by atomic mass is 9.89. The third kappa shape index (κ3) is 2.75. The highest BCUT2D eigenvalue weighted by Crippen LogP contribution is 2.42. The van der Waals surface area contributed by atoms with Crippen LogP contribution in [0.5, 0.6) is 5.75 Å². The Kier molecular flexibility index (Phi) is 3.72. The second kappa shape index (κ2) is 5.42. The molecule has 0 amide bonds. The molecule has 0 fully saturated rings. The summed E-state index contributed by atoms with van der Waals surface area (Å²) < 4.78 is 19.3. The minimum absolute atomic E-state index is 0.167. The van der Waals surface area contributed by atoms with Crippen LogP contribution in [-0.4, -0.2) is 5.60 Å². The second-order valence-electron chi connectivity index (χ2n) is 6.80. The molecule has 0 spiro atoms. The predicted octanol–water partition coefficient (Wildman–Crippen LogP) is 5.08. The van der Waals surface area contributed by atoms with E-state index >= 15 is 0 Å². The first-order chi connectivity index (χ1) is 10.4. The fourth-order valence-corrected chi connectivity index (χ4v) is 3.32. The van der Waals surface area contributed by atoms with Crippen LogP contribution in [-0.2, 0) is 12.8 Å². The van der Waals surface area contributed by atoms with Crippen LogP contribution in [0.3, 0.4) is 0 Å². The molecular weight excluding hydrogens is 275 g/mol. The fraction of sp³-hybridized carbons (Fsp3) is 0.400. The molecule has 116 valence electrons. The Labute approximate surface area is 132 Å². The van der Waals surface area contributed by atoms with Gasteiger partial charge in [0.25, 0.3) is 0 Å². The van der Waals surface area contributed by atoms with Crippen molar-refractivity contribution in [2.45, 2.75) is 52.6 Å². The zero-order valence-corrected chi connectivity index (χ0v) is 13.8. The summed E-state index contributed by atoms with van der Waals surface area (Å²) in [5, 5.41) is 0. The third-order valence-electron chi connectivity index (χ3n) is 4.87. The van der Waals surface area contributed by atoms with Crippen LogP contribution in [0.1, 0.15) is 41.2 Å². The molecule has 2 aromatic rings. The standard InChI is InChI=1S/C20H23FO/c1-13-11-14(2)18-12-20(4,22-19(18)15(13)3)10-9-16-5-7-17(21)8-6-16/h5-8,11H,9-10,12H2,1-4H3. The Morgan fingerprint density at radius 1 is 1.09 bits per heavy atom. The molecule has 2 heteroatoms. The molecule has 1 atom stereocenters. The lowest BCUT2D eigenvalue weighted by Gasteiger charge is -2.24. The summed E-state index contributed by atoms with van der Waals surface area (Å²) in [6.45, 7) is 8.63. The van der Waals surface area contributed by atoms with Crippen molar-refractivity contribution in [1.29, 1.82) is 0 Å². The molecule has 1 aliphatic rings. The Bertz CT molecular complexity index is 703. The minimum atomic E-state index is -0.179. The van der Waals surface area contributed by atoms with Crippen LogP contribution in [0.4, 0.5) is 4.39 Å². The van der Waals surface area contributed by atoms with E-state index in [2.05, 4.69) is 33.8 Å². The van der Waals surface area contributed by atoms with Crippen molar-refractivity contribution in [2.24, 2.45) is 0 Å². The monoisotopic (exact) mass is 298 g/mol. The van der Waals surface area contributed by atoms with Gasteiger partial charge in [-0.15, -0.1) is 0 Å². The molecule has 0 bridgehead atoms. The van der Waals surface area contributed by atoms with Crippen molar-refractivity contribution >= 4 is 0 Å². The first-order valence-electron chi connectivity index (χ1n) is 7.91. The zero-order valence-electron chi connectivity index (χ0n) is 13.8. The molecule has 0 saturated heterocycles. The lowest BCUT2D eigenvalue weighted by molar-refractivity contribution is 0.105. The highest BCUT2D eigenvalue weighted by molar-refractivity contribution is 5.52. The summed E-state index contributed by atoms with van der Waals surface area (Å²) in [6.07, 6.45) is 2.80. The van der Waals surface area contributed by atoms with Gasteiger partial charge in [-0.2, -0.15) is 0 Å². The maximum Gasteiger partial charge on any atom is 0.126 e. The van der Waals surface area contributed by atoms with Gasteiger partial charge in [0, 0.05) is 12.0 Å². The first kappa shape index (κ1) is 15.1. The lowest BCUT2D eigenvalue weighted by Crippen LogP contribution is -2.30. The smallest absolute Gasteiger partial charge is 0.126 e. The zero-order chi connectivity index (χ0) is 15.9. The number of aryl methyl sites for hydroxylation is 3. The van der Waals surface area contributed by atoms with Gasteiger partial charge in [0.2, 0.25) is 0 Å². The van der Waals surface area contributed by atoms with Gasteiger partial charge in [-0.3, -0.25) is 0 Å².